The van der Waals surface area contributed by atoms with Crippen LogP contribution in [0.15, 0.2) is 24.7 Å². The summed E-state index contributed by atoms with van der Waals surface area (Å²) in [6.45, 7) is 8.19. The summed E-state index contributed by atoms with van der Waals surface area (Å²) in [5.74, 6) is -2.46. The molecule has 2 aromatic rings. The Morgan fingerprint density at radius 3 is 2.56 bits per heavy atom. The first-order valence-corrected chi connectivity index (χ1v) is 13.6. The highest BCUT2D eigenvalue weighted by molar-refractivity contribution is 5.88. The maximum absolute atomic E-state index is 15.0. The Labute approximate surface area is 237 Å². The molecule has 0 spiro atoms. The number of ether oxygens (including phenoxy) is 2. The van der Waals surface area contributed by atoms with E-state index >= 15 is 0 Å². The van der Waals surface area contributed by atoms with Crippen LogP contribution < -0.4 is 20.3 Å². The van der Waals surface area contributed by atoms with Crippen LogP contribution in [0.25, 0.3) is 0 Å². The summed E-state index contributed by atoms with van der Waals surface area (Å²) in [7, 11) is 1.29. The molecule has 41 heavy (non-hydrogen) atoms. The molecule has 2 saturated heterocycles. The molecule has 2 fully saturated rings. The summed E-state index contributed by atoms with van der Waals surface area (Å²) in [4.78, 5) is 46.8. The van der Waals surface area contributed by atoms with E-state index in [1.54, 1.807) is 11.8 Å². The van der Waals surface area contributed by atoms with Crippen molar-refractivity contribution in [1.82, 2.24) is 29.7 Å². The molecule has 1 atom stereocenters. The van der Waals surface area contributed by atoms with Gasteiger partial charge in [-0.05, 0) is 52.8 Å². The van der Waals surface area contributed by atoms with Crippen molar-refractivity contribution in [2.45, 2.75) is 57.6 Å². The third-order valence-corrected chi connectivity index (χ3v) is 6.87. The quantitative estimate of drug-likeness (QED) is 0.456. The zero-order chi connectivity index (χ0) is 29.6. The lowest BCUT2D eigenvalue weighted by Crippen LogP contribution is -2.60. The number of piperidine rings is 1. The minimum absolute atomic E-state index is 0.0416. The number of rotatable bonds is 9. The zero-order valence-corrected chi connectivity index (χ0v) is 23.8. The number of likely N-dealkylation sites (N-methyl/N-ethyl adjacent to an activating group) is 1. The third-order valence-electron chi connectivity index (χ3n) is 6.87. The molecule has 2 N–H and O–H groups in total. The summed E-state index contributed by atoms with van der Waals surface area (Å²) in [6, 6.07) is -0.764. The van der Waals surface area contributed by atoms with Crippen molar-refractivity contribution in [2.75, 3.05) is 61.9 Å². The molecule has 224 valence electrons. The van der Waals surface area contributed by atoms with Crippen LogP contribution in [0.3, 0.4) is 0 Å². The molecule has 0 aliphatic carbocycles. The van der Waals surface area contributed by atoms with Crippen LogP contribution in [-0.4, -0.2) is 106 Å². The Kier molecular flexibility index (Phi) is 9.35. The Bertz CT molecular complexity index is 1200. The SMILES string of the molecule is CCOc1cnc(NC(=O)N(C)C2CN(c3nccc(NC(=O)OC(C)(C)CN4CCCC4)n3)CCC2(F)F)cn1. The number of aromatic nitrogens is 4. The monoisotopic (exact) mass is 577 g/mol. The first-order valence-electron chi connectivity index (χ1n) is 13.6. The molecule has 13 nitrogen and oxygen atoms in total. The molecule has 2 aliphatic heterocycles. The van der Waals surface area contributed by atoms with Crippen molar-refractivity contribution >= 4 is 29.7 Å². The average Bonchev–Trinajstić information content (AvgIpc) is 3.41. The van der Waals surface area contributed by atoms with Gasteiger partial charge in [0.1, 0.15) is 17.5 Å². The van der Waals surface area contributed by atoms with Crippen molar-refractivity contribution in [2.24, 2.45) is 0 Å². The largest absolute Gasteiger partial charge is 0.477 e. The maximum Gasteiger partial charge on any atom is 0.413 e. The van der Waals surface area contributed by atoms with Gasteiger partial charge >= 0.3 is 12.1 Å². The summed E-state index contributed by atoms with van der Waals surface area (Å²) in [6.07, 6.45) is 5.12. The highest BCUT2D eigenvalue weighted by Crippen LogP contribution is 2.33. The molecule has 4 heterocycles. The van der Waals surface area contributed by atoms with Crippen LogP contribution in [0, 0.1) is 0 Å². The first-order chi connectivity index (χ1) is 19.5. The second-order valence-corrected chi connectivity index (χ2v) is 10.7. The van der Waals surface area contributed by atoms with E-state index in [4.69, 9.17) is 9.47 Å². The molecular weight excluding hydrogens is 540 g/mol. The predicted octanol–water partition coefficient (Wildman–Crippen LogP) is 3.47. The molecule has 1 unspecified atom stereocenters. The summed E-state index contributed by atoms with van der Waals surface area (Å²) < 4.78 is 40.8. The number of hydrogen-bond donors (Lipinski definition) is 2. The lowest BCUT2D eigenvalue weighted by Gasteiger charge is -2.42. The molecule has 0 aromatic carbocycles. The summed E-state index contributed by atoms with van der Waals surface area (Å²) >= 11 is 0. The Hall–Kier alpha value is -3.88. The molecule has 2 aromatic heterocycles. The molecule has 4 rings (SSSR count). The van der Waals surface area contributed by atoms with Crippen LogP contribution in [0.4, 0.5) is 36.0 Å². The van der Waals surface area contributed by atoms with Crippen molar-refractivity contribution in [3.63, 3.8) is 0 Å². The van der Waals surface area contributed by atoms with Crippen molar-refractivity contribution in [1.29, 1.82) is 0 Å². The minimum Gasteiger partial charge on any atom is -0.477 e. The van der Waals surface area contributed by atoms with Gasteiger partial charge in [0.05, 0.1) is 19.0 Å². The number of carbonyl (C=O) groups excluding carboxylic acids is 2. The van der Waals surface area contributed by atoms with Crippen molar-refractivity contribution in [3.8, 4) is 5.88 Å². The average molecular weight is 578 g/mol. The van der Waals surface area contributed by atoms with Crippen LogP contribution in [0.5, 0.6) is 5.88 Å². The normalized spacial score (nSPS) is 19.0. The van der Waals surface area contributed by atoms with Gasteiger partial charge in [-0.2, -0.15) is 4.98 Å². The van der Waals surface area contributed by atoms with Gasteiger partial charge in [-0.25, -0.2) is 33.3 Å². The Morgan fingerprint density at radius 1 is 1.12 bits per heavy atom. The van der Waals surface area contributed by atoms with Crippen molar-refractivity contribution in [3.05, 3.63) is 24.7 Å². The van der Waals surface area contributed by atoms with Gasteiger partial charge in [0, 0.05) is 39.3 Å². The van der Waals surface area contributed by atoms with E-state index in [1.165, 1.54) is 31.7 Å². The predicted molar refractivity (Wildman–Crippen MR) is 147 cm³/mol. The Balaban J connectivity index is 1.37. The highest BCUT2D eigenvalue weighted by Gasteiger charge is 2.48. The van der Waals surface area contributed by atoms with Gasteiger partial charge in [0.25, 0.3) is 5.92 Å². The van der Waals surface area contributed by atoms with Crippen LogP contribution in [-0.2, 0) is 4.74 Å². The van der Waals surface area contributed by atoms with Gasteiger partial charge in [-0.1, -0.05) is 0 Å². The molecule has 0 saturated carbocycles. The molecule has 0 radical (unpaired) electrons. The molecule has 3 amide bonds. The van der Waals surface area contributed by atoms with Gasteiger partial charge in [0.2, 0.25) is 11.8 Å². The Morgan fingerprint density at radius 2 is 1.88 bits per heavy atom. The number of hydrogen-bond acceptors (Lipinski definition) is 10. The number of nitrogens with one attached hydrogen (secondary N) is 2. The number of urea groups is 1. The number of carbonyl (C=O) groups is 2. The standard InChI is InChI=1S/C26H37F2N9O4/c1-5-40-21-15-30-20(14-31-21)33-23(38)35(4)18-16-37(13-9-26(18,27)28)22-29-10-8-19(32-22)34-24(39)41-25(2,3)17-36-11-6-7-12-36/h8,10,14-15,18H,5-7,9,11-13,16-17H2,1-4H3,(H,30,33,38)(H,29,32,34,39). The van der Waals surface area contributed by atoms with E-state index in [-0.39, 0.29) is 36.6 Å². The molecular formula is C26H37F2N9O4. The van der Waals surface area contributed by atoms with E-state index in [9.17, 15) is 18.4 Å². The minimum atomic E-state index is -3.16. The highest BCUT2D eigenvalue weighted by atomic mass is 19.3. The fourth-order valence-electron chi connectivity index (χ4n) is 4.88. The van der Waals surface area contributed by atoms with E-state index < -0.39 is 36.1 Å². The van der Waals surface area contributed by atoms with Gasteiger partial charge in [0.15, 0.2) is 5.82 Å². The molecule has 15 heteroatoms. The fourth-order valence-corrected chi connectivity index (χ4v) is 4.88. The van der Waals surface area contributed by atoms with E-state index in [0.717, 1.165) is 30.8 Å². The number of anilines is 3. The lowest BCUT2D eigenvalue weighted by molar-refractivity contribution is -0.0760. The number of amides is 3. The summed E-state index contributed by atoms with van der Waals surface area (Å²) in [5, 5.41) is 5.09. The topological polar surface area (TPSA) is 138 Å². The number of halogens is 2. The van der Waals surface area contributed by atoms with Gasteiger partial charge in [-0.3, -0.25) is 15.5 Å². The van der Waals surface area contributed by atoms with Gasteiger partial charge in [-0.15, -0.1) is 0 Å². The fraction of sp³-hybridized carbons (Fsp3) is 0.615. The second-order valence-electron chi connectivity index (χ2n) is 10.7. The third kappa shape index (κ3) is 8.08. The van der Waals surface area contributed by atoms with E-state index in [1.807, 2.05) is 13.8 Å². The maximum atomic E-state index is 15.0. The van der Waals surface area contributed by atoms with Crippen LogP contribution in [0.1, 0.15) is 40.0 Å². The van der Waals surface area contributed by atoms with E-state index in [0.29, 0.717) is 13.2 Å². The van der Waals surface area contributed by atoms with E-state index in [2.05, 4.69) is 35.5 Å². The number of alkyl halides is 2. The summed E-state index contributed by atoms with van der Waals surface area (Å²) in [5.41, 5.74) is -0.710. The number of nitrogens with zero attached hydrogens (tertiary/aromatic N) is 7. The van der Waals surface area contributed by atoms with Crippen molar-refractivity contribution < 1.29 is 27.8 Å². The zero-order valence-electron chi connectivity index (χ0n) is 23.8. The van der Waals surface area contributed by atoms with Crippen LogP contribution in [0.2, 0.25) is 0 Å². The molecule has 2 aliphatic rings. The smallest absolute Gasteiger partial charge is 0.413 e. The number of likely N-dealkylation sites (tertiary alicyclic amines) is 1. The lowest BCUT2D eigenvalue weighted by atomic mass is 10.00. The van der Waals surface area contributed by atoms with Crippen LogP contribution >= 0.6 is 0 Å². The second kappa shape index (κ2) is 12.7. The first kappa shape index (κ1) is 30.1. The molecule has 0 bridgehead atoms. The van der Waals surface area contributed by atoms with Gasteiger partial charge < -0.3 is 19.3 Å².